The van der Waals surface area contributed by atoms with Crippen LogP contribution in [0, 0.1) is 0 Å². The highest BCUT2D eigenvalue weighted by molar-refractivity contribution is 9.10. The summed E-state index contributed by atoms with van der Waals surface area (Å²) in [5, 5.41) is 11.3. The van der Waals surface area contributed by atoms with E-state index in [1.807, 2.05) is 24.3 Å². The Hall–Kier alpha value is -3.19. The van der Waals surface area contributed by atoms with Crippen molar-refractivity contribution < 1.29 is 5.11 Å². The van der Waals surface area contributed by atoms with Gasteiger partial charge in [-0.25, -0.2) is 9.97 Å². The second-order valence-electron chi connectivity index (χ2n) is 5.92. The average molecular weight is 407 g/mol. The highest BCUT2D eigenvalue weighted by Crippen LogP contribution is 2.27. The van der Waals surface area contributed by atoms with Crippen molar-refractivity contribution in [1.29, 1.82) is 0 Å². The minimum absolute atomic E-state index is 0.0953. The van der Waals surface area contributed by atoms with Crippen molar-refractivity contribution in [2.75, 3.05) is 0 Å². The van der Waals surface area contributed by atoms with Crippen LogP contribution in [0.1, 0.15) is 0 Å². The Bertz CT molecular complexity index is 1370. The van der Waals surface area contributed by atoms with E-state index in [2.05, 4.69) is 20.9 Å². The number of hydrogen-bond acceptors (Lipinski definition) is 4. The SMILES string of the molecule is O=c1c2ccccc2c2nc3ccc(O)cn3c2n1-c1ccc(Br)nc1. The molecule has 0 saturated heterocycles. The van der Waals surface area contributed by atoms with Gasteiger partial charge in [-0.3, -0.25) is 13.8 Å². The smallest absolute Gasteiger partial charge is 0.264 e. The molecule has 7 heteroatoms. The highest BCUT2D eigenvalue weighted by Gasteiger charge is 2.17. The number of fused-ring (bicyclic) bond motifs is 5. The predicted molar refractivity (Wildman–Crippen MR) is 103 cm³/mol. The van der Waals surface area contributed by atoms with E-state index >= 15 is 0 Å². The predicted octanol–water partition coefficient (Wildman–Crippen LogP) is 3.65. The van der Waals surface area contributed by atoms with Crippen LogP contribution in [0.15, 0.2) is 70.3 Å². The minimum atomic E-state index is -0.164. The number of aromatic nitrogens is 4. The topological polar surface area (TPSA) is 72.4 Å². The lowest BCUT2D eigenvalue weighted by atomic mass is 10.1. The molecule has 0 radical (unpaired) electrons. The second-order valence-corrected chi connectivity index (χ2v) is 6.74. The van der Waals surface area contributed by atoms with E-state index in [1.54, 1.807) is 45.6 Å². The summed E-state index contributed by atoms with van der Waals surface area (Å²) in [5.74, 6) is 0.0953. The molecule has 26 heavy (non-hydrogen) atoms. The summed E-state index contributed by atoms with van der Waals surface area (Å²) >= 11 is 3.32. The number of nitrogens with zero attached hydrogens (tertiary/aromatic N) is 4. The van der Waals surface area contributed by atoms with Crippen molar-refractivity contribution >= 4 is 43.5 Å². The Labute approximate surface area is 155 Å². The maximum absolute atomic E-state index is 13.3. The zero-order valence-corrected chi connectivity index (χ0v) is 14.9. The molecule has 0 spiro atoms. The van der Waals surface area contributed by atoms with Gasteiger partial charge in [0.1, 0.15) is 21.5 Å². The molecular formula is C19H11BrN4O2. The van der Waals surface area contributed by atoms with Crippen LogP contribution in [-0.2, 0) is 0 Å². The van der Waals surface area contributed by atoms with Gasteiger partial charge in [0, 0.05) is 10.8 Å². The van der Waals surface area contributed by atoms with Gasteiger partial charge in [0.15, 0.2) is 5.65 Å². The van der Waals surface area contributed by atoms with E-state index in [4.69, 9.17) is 4.98 Å². The Morgan fingerprint density at radius 2 is 1.81 bits per heavy atom. The third-order valence-corrected chi connectivity index (χ3v) is 4.84. The number of benzene rings is 1. The maximum Gasteiger partial charge on any atom is 0.264 e. The van der Waals surface area contributed by atoms with Crippen LogP contribution in [0.4, 0.5) is 0 Å². The Balaban J connectivity index is 2.09. The lowest BCUT2D eigenvalue weighted by molar-refractivity contribution is 0.472. The fourth-order valence-electron chi connectivity index (χ4n) is 3.25. The first-order valence-electron chi connectivity index (χ1n) is 7.90. The van der Waals surface area contributed by atoms with Crippen molar-refractivity contribution in [2.45, 2.75) is 0 Å². The molecule has 1 aromatic carbocycles. The molecule has 0 aliphatic heterocycles. The Morgan fingerprint density at radius 1 is 1.00 bits per heavy atom. The fraction of sp³-hybridized carbons (Fsp3) is 0. The van der Waals surface area contributed by atoms with Crippen LogP contribution in [-0.4, -0.2) is 24.0 Å². The summed E-state index contributed by atoms with van der Waals surface area (Å²) < 4.78 is 3.99. The molecule has 0 unspecified atom stereocenters. The Morgan fingerprint density at radius 3 is 2.58 bits per heavy atom. The summed E-state index contributed by atoms with van der Waals surface area (Å²) in [5.41, 5.74) is 2.38. The molecule has 0 bridgehead atoms. The molecule has 5 aromatic rings. The van der Waals surface area contributed by atoms with Gasteiger partial charge >= 0.3 is 0 Å². The number of halogens is 1. The third-order valence-electron chi connectivity index (χ3n) is 4.38. The number of imidazole rings is 1. The molecule has 0 aliphatic carbocycles. The molecule has 1 N–H and O–H groups in total. The van der Waals surface area contributed by atoms with Crippen molar-refractivity contribution in [3.8, 4) is 11.4 Å². The summed E-state index contributed by atoms with van der Waals surface area (Å²) in [6.07, 6.45) is 3.18. The van der Waals surface area contributed by atoms with Crippen molar-refractivity contribution in [2.24, 2.45) is 0 Å². The van der Waals surface area contributed by atoms with Crippen molar-refractivity contribution in [3.05, 3.63) is 75.9 Å². The molecular weight excluding hydrogens is 396 g/mol. The van der Waals surface area contributed by atoms with E-state index in [1.165, 1.54) is 0 Å². The van der Waals surface area contributed by atoms with Crippen LogP contribution in [0.3, 0.4) is 0 Å². The minimum Gasteiger partial charge on any atom is -0.506 e. The van der Waals surface area contributed by atoms with Gasteiger partial charge in [0.2, 0.25) is 0 Å². The molecule has 4 heterocycles. The standard InChI is InChI=1S/C19H11BrN4O2/c20-15-7-5-11(9-21-15)24-18-17(13-3-1-2-4-14(13)19(24)26)22-16-8-6-12(25)10-23(16)18/h1-10,25H. The summed E-state index contributed by atoms with van der Waals surface area (Å²) in [6, 6.07) is 14.3. The van der Waals surface area contributed by atoms with Crippen molar-refractivity contribution in [3.63, 3.8) is 0 Å². The monoisotopic (exact) mass is 406 g/mol. The lowest BCUT2D eigenvalue weighted by Crippen LogP contribution is -2.20. The zero-order chi connectivity index (χ0) is 17.8. The van der Waals surface area contributed by atoms with E-state index in [0.29, 0.717) is 32.5 Å². The van der Waals surface area contributed by atoms with Gasteiger partial charge in [0.05, 0.1) is 18.1 Å². The largest absolute Gasteiger partial charge is 0.506 e. The van der Waals surface area contributed by atoms with E-state index < -0.39 is 0 Å². The molecule has 4 aromatic heterocycles. The van der Waals surface area contributed by atoms with E-state index in [9.17, 15) is 9.90 Å². The molecule has 6 nitrogen and oxygen atoms in total. The first-order valence-corrected chi connectivity index (χ1v) is 8.69. The number of pyridine rings is 3. The van der Waals surface area contributed by atoms with Crippen LogP contribution < -0.4 is 5.56 Å². The quantitative estimate of drug-likeness (QED) is 0.431. The summed E-state index contributed by atoms with van der Waals surface area (Å²) in [7, 11) is 0. The third kappa shape index (κ3) is 2.07. The molecule has 0 fully saturated rings. The van der Waals surface area contributed by atoms with E-state index in [0.717, 1.165) is 5.39 Å². The zero-order valence-electron chi connectivity index (χ0n) is 13.3. The van der Waals surface area contributed by atoms with Crippen LogP contribution >= 0.6 is 15.9 Å². The van der Waals surface area contributed by atoms with Gasteiger partial charge in [-0.1, -0.05) is 18.2 Å². The van der Waals surface area contributed by atoms with Gasteiger partial charge in [-0.15, -0.1) is 0 Å². The number of hydrogen-bond donors (Lipinski definition) is 1. The van der Waals surface area contributed by atoms with Gasteiger partial charge in [-0.2, -0.15) is 0 Å². The lowest BCUT2D eigenvalue weighted by Gasteiger charge is -2.10. The molecule has 5 rings (SSSR count). The molecule has 126 valence electrons. The first kappa shape index (κ1) is 15.1. The Kier molecular flexibility index (Phi) is 3.14. The van der Waals surface area contributed by atoms with Crippen LogP contribution in [0.5, 0.6) is 5.75 Å². The summed E-state index contributed by atoms with van der Waals surface area (Å²) in [6.45, 7) is 0. The van der Waals surface area contributed by atoms with E-state index in [-0.39, 0.29) is 11.3 Å². The number of rotatable bonds is 1. The first-order chi connectivity index (χ1) is 12.6. The fourth-order valence-corrected chi connectivity index (χ4v) is 3.48. The maximum atomic E-state index is 13.3. The molecule has 0 amide bonds. The van der Waals surface area contributed by atoms with Crippen LogP contribution in [0.2, 0.25) is 0 Å². The van der Waals surface area contributed by atoms with Gasteiger partial charge in [-0.05, 0) is 46.3 Å². The van der Waals surface area contributed by atoms with Gasteiger partial charge < -0.3 is 5.11 Å². The van der Waals surface area contributed by atoms with Gasteiger partial charge in [0.25, 0.3) is 5.56 Å². The summed E-state index contributed by atoms with van der Waals surface area (Å²) in [4.78, 5) is 22.2. The molecule has 0 saturated carbocycles. The number of aromatic hydroxyl groups is 1. The average Bonchev–Trinajstić information content (AvgIpc) is 3.02. The second kappa shape index (κ2) is 5.40. The molecule has 0 atom stereocenters. The normalized spacial score (nSPS) is 11.6. The highest BCUT2D eigenvalue weighted by atomic mass is 79.9. The van der Waals surface area contributed by atoms with Crippen LogP contribution in [0.25, 0.3) is 33.3 Å². The van der Waals surface area contributed by atoms with Crippen molar-refractivity contribution in [1.82, 2.24) is 18.9 Å². The molecule has 0 aliphatic rings.